The molecule has 0 bridgehead atoms. The van der Waals surface area contributed by atoms with Crippen molar-refractivity contribution < 1.29 is 33.9 Å². The minimum absolute atomic E-state index is 0.204. The van der Waals surface area contributed by atoms with Gasteiger partial charge in [0.15, 0.2) is 0 Å². The molecule has 0 unspecified atom stereocenters. The van der Waals surface area contributed by atoms with Crippen LogP contribution in [0.2, 0.25) is 0 Å². The Morgan fingerprint density at radius 2 is 2.16 bits per heavy atom. The van der Waals surface area contributed by atoms with Gasteiger partial charge in [0, 0.05) is 18.2 Å². The quantitative estimate of drug-likeness (QED) is 0.247. The number of carbonyl (C=O) groups excluding carboxylic acids is 3. The molecule has 1 aromatic rings. The summed E-state index contributed by atoms with van der Waals surface area (Å²) in [5.41, 5.74) is 0.427. The number of nitro groups is 1. The van der Waals surface area contributed by atoms with Gasteiger partial charge in [-0.25, -0.2) is 4.79 Å². The zero-order valence-corrected chi connectivity index (χ0v) is 17.5. The number of nitrogens with zero attached hydrogens (tertiary/aromatic N) is 4. The van der Waals surface area contributed by atoms with E-state index in [4.69, 9.17) is 4.74 Å². The third-order valence-corrected chi connectivity index (χ3v) is 6.18. The summed E-state index contributed by atoms with van der Waals surface area (Å²) in [5, 5.41) is 26.2. The van der Waals surface area contributed by atoms with Crippen LogP contribution in [-0.2, 0) is 23.9 Å². The normalized spacial score (nSPS) is 21.1. The molecule has 0 saturated carbocycles. The molecule has 2 amide bonds. The number of amides is 2. The van der Waals surface area contributed by atoms with E-state index in [0.717, 1.165) is 4.90 Å². The zero-order valence-electron chi connectivity index (χ0n) is 16.7. The lowest BCUT2D eigenvalue weighted by Gasteiger charge is -2.49. The van der Waals surface area contributed by atoms with Crippen LogP contribution in [0.1, 0.15) is 25.6 Å². The molecular formula is C17H19N5O8S. The molecule has 0 radical (unpaired) electrons. The predicted octanol–water partition coefficient (Wildman–Crippen LogP) is -0.0376. The highest BCUT2D eigenvalue weighted by Crippen LogP contribution is 2.40. The first-order valence-electron chi connectivity index (χ1n) is 9.07. The Hall–Kier alpha value is -3.42. The van der Waals surface area contributed by atoms with E-state index < -0.39 is 52.0 Å². The summed E-state index contributed by atoms with van der Waals surface area (Å²) in [6, 6.07) is -0.667. The SMILES string of the molecule is CC(=O)OCC1=C(C(=O)O)N2C(=O)[C@H](NC(=O)[C@@H](C)n3nc([N+](=O)[O-])cc3C)[C@H]2SC1. The summed E-state index contributed by atoms with van der Waals surface area (Å²) in [6.07, 6.45) is 0. The number of hydrogen-bond acceptors (Lipinski definition) is 9. The van der Waals surface area contributed by atoms with Gasteiger partial charge in [-0.05, 0) is 18.8 Å². The molecule has 3 heterocycles. The van der Waals surface area contributed by atoms with Gasteiger partial charge in [0.1, 0.15) is 29.8 Å². The maximum Gasteiger partial charge on any atom is 0.390 e. The highest BCUT2D eigenvalue weighted by molar-refractivity contribution is 8.00. The highest BCUT2D eigenvalue weighted by Gasteiger charge is 2.54. The standard InChI is InChI=1S/C17H19N5O8S/c1-7-4-11(22(28)29)19-21(7)8(2)14(24)18-12-15(25)20-13(17(26)27)10(5-30-9(3)23)6-31-16(12)20/h4,8,12,16H,5-6H2,1-3H3,(H,18,24)(H,26,27)/t8-,12+,16-/m1/s1. The van der Waals surface area contributed by atoms with Crippen molar-refractivity contribution in [3.63, 3.8) is 0 Å². The fourth-order valence-electron chi connectivity index (χ4n) is 3.32. The number of hydrogen-bond donors (Lipinski definition) is 2. The minimum Gasteiger partial charge on any atom is -0.477 e. The average molecular weight is 453 g/mol. The zero-order chi connectivity index (χ0) is 23.0. The van der Waals surface area contributed by atoms with E-state index in [2.05, 4.69) is 10.4 Å². The van der Waals surface area contributed by atoms with Crippen molar-refractivity contribution >= 4 is 41.3 Å². The molecular weight excluding hydrogens is 434 g/mol. The second kappa shape index (κ2) is 8.37. The number of thioether (sulfide) groups is 1. The van der Waals surface area contributed by atoms with Gasteiger partial charge in [-0.15, -0.1) is 11.8 Å². The van der Waals surface area contributed by atoms with Gasteiger partial charge >= 0.3 is 17.8 Å². The van der Waals surface area contributed by atoms with E-state index in [1.807, 2.05) is 0 Å². The molecule has 2 N–H and O–H groups in total. The minimum atomic E-state index is -1.33. The third kappa shape index (κ3) is 4.10. The van der Waals surface area contributed by atoms with Gasteiger partial charge in [0.05, 0.1) is 16.9 Å². The van der Waals surface area contributed by atoms with Crippen molar-refractivity contribution in [1.82, 2.24) is 20.0 Å². The number of aryl methyl sites for hydroxylation is 1. The second-order valence-electron chi connectivity index (χ2n) is 6.96. The van der Waals surface area contributed by atoms with Crippen LogP contribution in [0, 0.1) is 17.0 Å². The molecule has 13 nitrogen and oxygen atoms in total. The first kappa shape index (κ1) is 22.3. The van der Waals surface area contributed by atoms with Gasteiger partial charge in [0.2, 0.25) is 5.91 Å². The summed E-state index contributed by atoms with van der Waals surface area (Å²) in [7, 11) is 0. The maximum atomic E-state index is 12.6. The van der Waals surface area contributed by atoms with Crippen LogP contribution in [0.4, 0.5) is 5.82 Å². The predicted molar refractivity (Wildman–Crippen MR) is 105 cm³/mol. The molecule has 1 fully saturated rings. The van der Waals surface area contributed by atoms with E-state index >= 15 is 0 Å². The lowest BCUT2D eigenvalue weighted by molar-refractivity contribution is -0.389. The van der Waals surface area contributed by atoms with E-state index in [1.54, 1.807) is 6.92 Å². The monoisotopic (exact) mass is 453 g/mol. The van der Waals surface area contributed by atoms with Gasteiger partial charge in [-0.1, -0.05) is 0 Å². The molecule has 14 heteroatoms. The Morgan fingerprint density at radius 3 is 2.71 bits per heavy atom. The van der Waals surface area contributed by atoms with Crippen molar-refractivity contribution in [3.8, 4) is 0 Å². The lowest BCUT2D eigenvalue weighted by atomic mass is 10.0. The summed E-state index contributed by atoms with van der Waals surface area (Å²) in [6.45, 7) is 3.99. The molecule has 1 saturated heterocycles. The fourth-order valence-corrected chi connectivity index (χ4v) is 4.65. The second-order valence-corrected chi connectivity index (χ2v) is 8.06. The Labute approximate surface area is 179 Å². The summed E-state index contributed by atoms with van der Waals surface area (Å²) < 4.78 is 6.05. The number of fused-ring (bicyclic) bond motifs is 1. The largest absolute Gasteiger partial charge is 0.477 e. The van der Waals surface area contributed by atoms with Gasteiger partial charge < -0.3 is 25.3 Å². The molecule has 31 heavy (non-hydrogen) atoms. The maximum absolute atomic E-state index is 12.6. The van der Waals surface area contributed by atoms with Crippen LogP contribution in [0.5, 0.6) is 0 Å². The topological polar surface area (TPSA) is 174 Å². The number of carbonyl (C=O) groups is 4. The first-order chi connectivity index (χ1) is 14.5. The first-order valence-corrected chi connectivity index (χ1v) is 10.1. The number of β-lactam (4-membered cyclic amide) rings is 1. The summed E-state index contributed by atoms with van der Waals surface area (Å²) in [4.78, 5) is 59.3. The molecule has 3 rings (SSSR count). The molecule has 0 aromatic carbocycles. The van der Waals surface area contributed by atoms with Crippen LogP contribution < -0.4 is 5.32 Å². The molecule has 166 valence electrons. The highest BCUT2D eigenvalue weighted by atomic mass is 32.2. The smallest absolute Gasteiger partial charge is 0.390 e. The molecule has 2 aliphatic rings. The number of rotatable bonds is 7. The van der Waals surface area contributed by atoms with Crippen molar-refractivity contribution in [2.75, 3.05) is 12.4 Å². The Balaban J connectivity index is 1.73. The average Bonchev–Trinajstić information content (AvgIpc) is 3.10. The number of aliphatic carboxylic acids is 1. The Kier molecular flexibility index (Phi) is 6.01. The van der Waals surface area contributed by atoms with Crippen LogP contribution in [0.15, 0.2) is 17.3 Å². The van der Waals surface area contributed by atoms with Crippen molar-refractivity contribution in [2.24, 2.45) is 0 Å². The molecule has 0 aliphatic carbocycles. The van der Waals surface area contributed by atoms with E-state index in [0.29, 0.717) is 5.69 Å². The van der Waals surface area contributed by atoms with Crippen molar-refractivity contribution in [1.29, 1.82) is 0 Å². The number of ether oxygens (including phenoxy) is 1. The number of nitrogens with one attached hydrogen (secondary N) is 1. The van der Waals surface area contributed by atoms with Crippen LogP contribution in [0.25, 0.3) is 0 Å². The van der Waals surface area contributed by atoms with Gasteiger partial charge in [0.25, 0.3) is 5.91 Å². The number of aromatic nitrogens is 2. The summed E-state index contributed by atoms with van der Waals surface area (Å²) >= 11 is 1.23. The molecule has 1 aromatic heterocycles. The van der Waals surface area contributed by atoms with E-state index in [9.17, 15) is 34.4 Å². The summed E-state index contributed by atoms with van der Waals surface area (Å²) in [5.74, 6) is -3.31. The van der Waals surface area contributed by atoms with Gasteiger partial charge in [-0.3, -0.25) is 19.3 Å². The number of esters is 1. The van der Waals surface area contributed by atoms with Crippen molar-refractivity contribution in [3.05, 3.63) is 33.1 Å². The van der Waals surface area contributed by atoms with Crippen LogP contribution in [-0.4, -0.2) is 72.2 Å². The van der Waals surface area contributed by atoms with Crippen LogP contribution in [0.3, 0.4) is 0 Å². The lowest BCUT2D eigenvalue weighted by Crippen LogP contribution is -2.71. The Morgan fingerprint density at radius 1 is 1.48 bits per heavy atom. The van der Waals surface area contributed by atoms with E-state index in [-0.39, 0.29) is 23.6 Å². The number of carboxylic acids is 1. The van der Waals surface area contributed by atoms with Crippen molar-refractivity contribution in [2.45, 2.75) is 38.2 Å². The molecule has 0 spiro atoms. The number of carboxylic acid groups (broad SMARTS) is 1. The van der Waals surface area contributed by atoms with Gasteiger partial charge in [-0.2, -0.15) is 4.68 Å². The van der Waals surface area contributed by atoms with E-state index in [1.165, 1.54) is 36.4 Å². The third-order valence-electron chi connectivity index (χ3n) is 4.84. The molecule has 3 atom stereocenters. The molecule has 2 aliphatic heterocycles. The Bertz CT molecular complexity index is 1020. The fraction of sp³-hybridized carbons (Fsp3) is 0.471. The van der Waals surface area contributed by atoms with Crippen LogP contribution >= 0.6 is 11.8 Å².